The fourth-order valence-electron chi connectivity index (χ4n) is 2.95. The number of thioether (sulfide) groups is 1. The highest BCUT2D eigenvalue weighted by Crippen LogP contribution is 2.41. The van der Waals surface area contributed by atoms with Crippen molar-refractivity contribution in [1.82, 2.24) is 19.7 Å². The van der Waals surface area contributed by atoms with Gasteiger partial charge in [0.2, 0.25) is 0 Å². The molecule has 0 N–H and O–H groups in total. The summed E-state index contributed by atoms with van der Waals surface area (Å²) in [6, 6.07) is 9.44. The van der Waals surface area contributed by atoms with Gasteiger partial charge in [0.1, 0.15) is 0 Å². The molecular formula is C20H20N4O3S. The summed E-state index contributed by atoms with van der Waals surface area (Å²) < 4.78 is 12.6. The molecule has 28 heavy (non-hydrogen) atoms. The molecule has 3 aromatic rings. The molecule has 1 aromatic carbocycles. The first kappa shape index (κ1) is 18.5. The Hall–Kier alpha value is -2.87. The maximum Gasteiger partial charge on any atom is 0.192 e. The van der Waals surface area contributed by atoms with Crippen molar-refractivity contribution in [3.05, 3.63) is 48.3 Å². The second kappa shape index (κ2) is 8.02. The van der Waals surface area contributed by atoms with Crippen molar-refractivity contribution in [1.29, 1.82) is 0 Å². The zero-order valence-corrected chi connectivity index (χ0v) is 16.5. The number of benzene rings is 1. The smallest absolute Gasteiger partial charge is 0.192 e. The van der Waals surface area contributed by atoms with Crippen molar-refractivity contribution in [3.63, 3.8) is 0 Å². The quantitative estimate of drug-likeness (QED) is 0.425. The van der Waals surface area contributed by atoms with Gasteiger partial charge in [-0.1, -0.05) is 11.8 Å². The lowest BCUT2D eigenvalue weighted by atomic mass is 10.1. The lowest BCUT2D eigenvalue weighted by Gasteiger charge is -2.10. The Labute approximate surface area is 167 Å². The molecule has 4 rings (SSSR count). The van der Waals surface area contributed by atoms with Gasteiger partial charge in [-0.2, -0.15) is 0 Å². The average Bonchev–Trinajstić information content (AvgIpc) is 3.50. The molecule has 1 fully saturated rings. The summed E-state index contributed by atoms with van der Waals surface area (Å²) in [5.41, 5.74) is 1.51. The highest BCUT2D eigenvalue weighted by Gasteiger charge is 2.30. The molecule has 1 saturated carbocycles. The van der Waals surface area contributed by atoms with Gasteiger partial charge in [0.25, 0.3) is 0 Å². The molecule has 7 nitrogen and oxygen atoms in total. The fraction of sp³-hybridized carbons (Fsp3) is 0.300. The Bertz CT molecular complexity index is 986. The maximum atomic E-state index is 12.7. The lowest BCUT2D eigenvalue weighted by Crippen LogP contribution is -2.06. The summed E-state index contributed by atoms with van der Waals surface area (Å²) in [4.78, 5) is 16.8. The van der Waals surface area contributed by atoms with Crippen molar-refractivity contribution < 1.29 is 14.3 Å². The predicted octanol–water partition coefficient (Wildman–Crippen LogP) is 3.67. The van der Waals surface area contributed by atoms with Gasteiger partial charge in [-0.05, 0) is 43.2 Å². The van der Waals surface area contributed by atoms with E-state index < -0.39 is 0 Å². The number of carbonyl (C=O) groups excluding carboxylic acids is 1. The SMILES string of the molecule is COc1ccc(C(=O)CSc2nnc(-c3cccnc3)n2C2CC2)cc1OC. The standard InChI is InChI=1S/C20H20N4O3S/c1-26-17-8-5-13(10-18(17)27-2)16(25)12-28-20-23-22-19(24(20)15-6-7-15)14-4-3-9-21-11-14/h3-5,8-11,15H,6-7,12H2,1-2H3. The number of carbonyl (C=O) groups is 1. The van der Waals surface area contributed by atoms with E-state index in [0.717, 1.165) is 29.4 Å². The van der Waals surface area contributed by atoms with Crippen LogP contribution in [-0.2, 0) is 0 Å². The Kier molecular flexibility index (Phi) is 5.29. The van der Waals surface area contributed by atoms with Gasteiger partial charge in [-0.3, -0.25) is 14.3 Å². The maximum absolute atomic E-state index is 12.7. The van der Waals surface area contributed by atoms with Crippen LogP contribution in [0.15, 0.2) is 47.9 Å². The van der Waals surface area contributed by atoms with E-state index >= 15 is 0 Å². The largest absolute Gasteiger partial charge is 0.493 e. The van der Waals surface area contributed by atoms with Crippen molar-refractivity contribution in [2.24, 2.45) is 0 Å². The van der Waals surface area contributed by atoms with E-state index in [2.05, 4.69) is 19.7 Å². The first-order valence-electron chi connectivity index (χ1n) is 8.94. The van der Waals surface area contributed by atoms with Gasteiger partial charge >= 0.3 is 0 Å². The van der Waals surface area contributed by atoms with E-state index in [1.807, 2.05) is 12.1 Å². The summed E-state index contributed by atoms with van der Waals surface area (Å²) >= 11 is 1.40. The molecule has 1 aliphatic carbocycles. The van der Waals surface area contributed by atoms with Gasteiger partial charge in [-0.15, -0.1) is 10.2 Å². The fourth-order valence-corrected chi connectivity index (χ4v) is 3.85. The average molecular weight is 396 g/mol. The third kappa shape index (κ3) is 3.73. The molecule has 0 atom stereocenters. The topological polar surface area (TPSA) is 79.1 Å². The zero-order chi connectivity index (χ0) is 19.5. The lowest BCUT2D eigenvalue weighted by molar-refractivity contribution is 0.102. The second-order valence-corrected chi connectivity index (χ2v) is 7.37. The van der Waals surface area contributed by atoms with Crippen molar-refractivity contribution in [2.45, 2.75) is 24.0 Å². The Morgan fingerprint density at radius 1 is 1.18 bits per heavy atom. The number of Topliss-reactive ketones (excluding diaryl/α,β-unsaturated/α-hetero) is 1. The molecule has 2 aromatic heterocycles. The van der Waals surface area contributed by atoms with Crippen LogP contribution in [0, 0.1) is 0 Å². The van der Waals surface area contributed by atoms with Gasteiger partial charge in [0, 0.05) is 29.6 Å². The van der Waals surface area contributed by atoms with Crippen LogP contribution in [0.25, 0.3) is 11.4 Å². The van der Waals surface area contributed by atoms with Crippen LogP contribution in [0.1, 0.15) is 29.2 Å². The molecule has 0 radical (unpaired) electrons. The van der Waals surface area contributed by atoms with Crippen LogP contribution >= 0.6 is 11.8 Å². The summed E-state index contributed by atoms with van der Waals surface area (Å²) in [6.45, 7) is 0. The number of pyridine rings is 1. The van der Waals surface area contributed by atoms with Gasteiger partial charge in [0.15, 0.2) is 28.3 Å². The van der Waals surface area contributed by atoms with Crippen LogP contribution in [0.3, 0.4) is 0 Å². The molecule has 0 unspecified atom stereocenters. The predicted molar refractivity (Wildman–Crippen MR) is 106 cm³/mol. The third-order valence-corrected chi connectivity index (χ3v) is 5.48. The molecule has 0 bridgehead atoms. The molecule has 0 spiro atoms. The van der Waals surface area contributed by atoms with E-state index in [0.29, 0.717) is 23.1 Å². The normalized spacial score (nSPS) is 13.4. The molecule has 144 valence electrons. The third-order valence-electron chi connectivity index (χ3n) is 4.53. The highest BCUT2D eigenvalue weighted by molar-refractivity contribution is 7.99. The van der Waals surface area contributed by atoms with Crippen molar-refractivity contribution in [2.75, 3.05) is 20.0 Å². The van der Waals surface area contributed by atoms with E-state index in [9.17, 15) is 4.79 Å². The van der Waals surface area contributed by atoms with Gasteiger partial charge in [0.05, 0.1) is 20.0 Å². The van der Waals surface area contributed by atoms with Gasteiger partial charge < -0.3 is 9.47 Å². The number of ether oxygens (including phenoxy) is 2. The van der Waals surface area contributed by atoms with Gasteiger partial charge in [-0.25, -0.2) is 0 Å². The van der Waals surface area contributed by atoms with E-state index in [1.54, 1.807) is 44.8 Å². The molecule has 0 amide bonds. The number of aromatic nitrogens is 4. The van der Waals surface area contributed by atoms with E-state index in [4.69, 9.17) is 9.47 Å². The first-order chi connectivity index (χ1) is 13.7. The number of rotatable bonds is 8. The number of hydrogen-bond donors (Lipinski definition) is 0. The summed E-state index contributed by atoms with van der Waals surface area (Å²) in [5.74, 6) is 2.21. The minimum absolute atomic E-state index is 0.000715. The number of hydrogen-bond acceptors (Lipinski definition) is 7. The van der Waals surface area contributed by atoms with Crippen LogP contribution < -0.4 is 9.47 Å². The molecule has 8 heteroatoms. The van der Waals surface area contributed by atoms with Crippen LogP contribution in [-0.4, -0.2) is 45.5 Å². The van der Waals surface area contributed by atoms with Crippen molar-refractivity contribution in [3.8, 4) is 22.9 Å². The van der Waals surface area contributed by atoms with E-state index in [-0.39, 0.29) is 11.5 Å². The molecule has 0 saturated heterocycles. The number of ketones is 1. The number of methoxy groups -OCH3 is 2. The Morgan fingerprint density at radius 3 is 2.68 bits per heavy atom. The zero-order valence-electron chi connectivity index (χ0n) is 15.7. The highest BCUT2D eigenvalue weighted by atomic mass is 32.2. The van der Waals surface area contributed by atoms with E-state index in [1.165, 1.54) is 11.8 Å². The summed E-state index contributed by atoms with van der Waals surface area (Å²) in [7, 11) is 3.12. The van der Waals surface area contributed by atoms with Crippen LogP contribution in [0.4, 0.5) is 0 Å². The second-order valence-electron chi connectivity index (χ2n) is 6.43. The minimum Gasteiger partial charge on any atom is -0.493 e. The summed E-state index contributed by atoms with van der Waals surface area (Å²) in [5, 5.41) is 9.44. The minimum atomic E-state index is -0.000715. The summed E-state index contributed by atoms with van der Waals surface area (Å²) in [6.07, 6.45) is 5.72. The number of nitrogens with zero attached hydrogens (tertiary/aromatic N) is 4. The van der Waals surface area contributed by atoms with Crippen LogP contribution in [0.5, 0.6) is 11.5 Å². The molecule has 0 aliphatic heterocycles. The van der Waals surface area contributed by atoms with Crippen molar-refractivity contribution >= 4 is 17.5 Å². The molecular weight excluding hydrogens is 376 g/mol. The Morgan fingerprint density at radius 2 is 2.00 bits per heavy atom. The monoisotopic (exact) mass is 396 g/mol. The van der Waals surface area contributed by atoms with Crippen LogP contribution in [0.2, 0.25) is 0 Å². The Balaban J connectivity index is 1.52. The molecule has 2 heterocycles. The first-order valence-corrected chi connectivity index (χ1v) is 9.93. The molecule has 1 aliphatic rings.